The van der Waals surface area contributed by atoms with Gasteiger partial charge in [0, 0.05) is 35.9 Å². The molecule has 9 heteroatoms. The molecule has 0 spiro atoms. The van der Waals surface area contributed by atoms with Crippen molar-refractivity contribution in [1.29, 1.82) is 0 Å². The Kier molecular flexibility index (Phi) is 4.11. The molecule has 0 unspecified atom stereocenters. The van der Waals surface area contributed by atoms with Crippen LogP contribution in [-0.4, -0.2) is 40.9 Å². The van der Waals surface area contributed by atoms with Gasteiger partial charge in [0.05, 0.1) is 11.8 Å². The first-order valence-corrected chi connectivity index (χ1v) is 8.50. The van der Waals surface area contributed by atoms with Crippen LogP contribution >= 0.6 is 0 Å². The van der Waals surface area contributed by atoms with Gasteiger partial charge in [-0.15, -0.1) is 5.10 Å². The molecular weight excluding hydrogens is 344 g/mol. The van der Waals surface area contributed by atoms with Crippen LogP contribution in [-0.2, 0) is 7.05 Å². The Labute approximate surface area is 155 Å². The van der Waals surface area contributed by atoms with E-state index in [-0.39, 0.29) is 11.9 Å². The molecule has 1 aromatic carbocycles. The van der Waals surface area contributed by atoms with E-state index in [2.05, 4.69) is 30.9 Å². The molecule has 0 atom stereocenters. The highest BCUT2D eigenvalue weighted by Gasteiger charge is 2.13. The first-order chi connectivity index (χ1) is 13.0. The van der Waals surface area contributed by atoms with Crippen molar-refractivity contribution in [3.63, 3.8) is 0 Å². The number of hydrogen-bond acceptors (Lipinski definition) is 6. The zero-order valence-electron chi connectivity index (χ0n) is 15.2. The molecule has 1 N–H and O–H groups in total. The number of aryl methyl sites for hydroxylation is 1. The van der Waals surface area contributed by atoms with Gasteiger partial charge in [0.15, 0.2) is 11.5 Å². The molecule has 0 fully saturated rings. The maximum atomic E-state index is 12.6. The number of aromatic nitrogens is 7. The van der Waals surface area contributed by atoms with E-state index in [1.807, 2.05) is 42.8 Å². The van der Waals surface area contributed by atoms with Crippen molar-refractivity contribution in [3.05, 3.63) is 48.3 Å². The average Bonchev–Trinajstić information content (AvgIpc) is 3.27. The molecule has 0 bridgehead atoms. The largest absolute Gasteiger partial charge is 0.322 e. The third-order valence-corrected chi connectivity index (χ3v) is 4.18. The highest BCUT2D eigenvalue weighted by molar-refractivity contribution is 6.05. The maximum Gasteiger partial charge on any atom is 0.257 e. The average molecular weight is 362 g/mol. The Morgan fingerprint density at radius 2 is 2.04 bits per heavy atom. The molecule has 0 saturated heterocycles. The normalized spacial score (nSPS) is 11.3. The number of hydrogen-bond donors (Lipinski definition) is 1. The minimum absolute atomic E-state index is 0.201. The van der Waals surface area contributed by atoms with E-state index in [0.29, 0.717) is 17.1 Å². The minimum Gasteiger partial charge on any atom is -0.322 e. The minimum atomic E-state index is -0.241. The van der Waals surface area contributed by atoms with Gasteiger partial charge in [-0.2, -0.15) is 5.10 Å². The van der Waals surface area contributed by atoms with Crippen LogP contribution in [0, 0.1) is 0 Å². The molecular formula is C18H18N8O. The fourth-order valence-electron chi connectivity index (χ4n) is 2.86. The Morgan fingerprint density at radius 1 is 1.19 bits per heavy atom. The highest BCUT2D eigenvalue weighted by Crippen LogP contribution is 2.21. The van der Waals surface area contributed by atoms with E-state index in [9.17, 15) is 4.79 Å². The van der Waals surface area contributed by atoms with Crippen LogP contribution in [0.3, 0.4) is 0 Å². The van der Waals surface area contributed by atoms with Crippen LogP contribution in [0.4, 0.5) is 5.69 Å². The molecule has 4 aromatic rings. The number of fused-ring (bicyclic) bond motifs is 1. The summed E-state index contributed by atoms with van der Waals surface area (Å²) in [6.45, 7) is 4.07. The summed E-state index contributed by atoms with van der Waals surface area (Å²) in [5.41, 5.74) is 2.69. The second-order valence-electron chi connectivity index (χ2n) is 6.48. The van der Waals surface area contributed by atoms with Crippen LogP contribution in [0.1, 0.15) is 30.2 Å². The molecule has 0 aliphatic heterocycles. The lowest BCUT2D eigenvalue weighted by Gasteiger charge is -2.08. The van der Waals surface area contributed by atoms with Gasteiger partial charge < -0.3 is 5.32 Å². The summed E-state index contributed by atoms with van der Waals surface area (Å²) in [6.07, 6.45) is 3.29. The molecule has 0 radical (unpaired) electrons. The first kappa shape index (κ1) is 16.8. The second kappa shape index (κ2) is 6.60. The van der Waals surface area contributed by atoms with E-state index in [1.165, 1.54) is 0 Å². The lowest BCUT2D eigenvalue weighted by atomic mass is 10.1. The quantitative estimate of drug-likeness (QED) is 0.598. The highest BCUT2D eigenvalue weighted by atomic mass is 16.1. The third-order valence-electron chi connectivity index (χ3n) is 4.18. The Morgan fingerprint density at radius 3 is 2.78 bits per heavy atom. The van der Waals surface area contributed by atoms with Gasteiger partial charge in [-0.3, -0.25) is 4.79 Å². The SMILES string of the molecule is CC(C)n1ncc2cc(C(=O)Nc3cccc(-c4nnnn4C)c3)cnc21. The van der Waals surface area contributed by atoms with Crippen molar-refractivity contribution in [3.8, 4) is 11.4 Å². The summed E-state index contributed by atoms with van der Waals surface area (Å²) in [4.78, 5) is 17.0. The Bertz CT molecular complexity index is 1130. The molecule has 0 saturated carbocycles. The van der Waals surface area contributed by atoms with Crippen molar-refractivity contribution in [2.24, 2.45) is 7.05 Å². The smallest absolute Gasteiger partial charge is 0.257 e. The van der Waals surface area contributed by atoms with Gasteiger partial charge in [0.1, 0.15) is 0 Å². The van der Waals surface area contributed by atoms with Crippen LogP contribution in [0.15, 0.2) is 42.7 Å². The summed E-state index contributed by atoms with van der Waals surface area (Å²) < 4.78 is 3.40. The van der Waals surface area contributed by atoms with E-state index in [0.717, 1.165) is 16.6 Å². The van der Waals surface area contributed by atoms with Gasteiger partial charge in [-0.05, 0) is 42.5 Å². The monoisotopic (exact) mass is 362 g/mol. The molecule has 1 amide bonds. The maximum absolute atomic E-state index is 12.6. The molecule has 136 valence electrons. The number of tetrazole rings is 1. The molecule has 3 aromatic heterocycles. The molecule has 4 rings (SSSR count). The van der Waals surface area contributed by atoms with Crippen molar-refractivity contribution in [2.75, 3.05) is 5.32 Å². The molecule has 0 aliphatic carbocycles. The number of carbonyl (C=O) groups is 1. The number of nitrogens with zero attached hydrogens (tertiary/aromatic N) is 7. The Balaban J connectivity index is 1.59. The predicted molar refractivity (Wildman–Crippen MR) is 100 cm³/mol. The summed E-state index contributed by atoms with van der Waals surface area (Å²) in [5, 5.41) is 19.5. The molecule has 27 heavy (non-hydrogen) atoms. The fraction of sp³-hybridized carbons (Fsp3) is 0.222. The van der Waals surface area contributed by atoms with Crippen molar-refractivity contribution in [1.82, 2.24) is 35.0 Å². The van der Waals surface area contributed by atoms with Gasteiger partial charge in [-0.25, -0.2) is 14.3 Å². The number of anilines is 1. The van der Waals surface area contributed by atoms with Crippen LogP contribution < -0.4 is 5.32 Å². The standard InChI is InChI=1S/C18H18N8O/c1-11(2)26-16-13(10-20-26)7-14(9-19-16)18(27)21-15-6-4-5-12(8-15)17-22-23-24-25(17)3/h4-11H,1-3H3,(H,21,27). The third kappa shape index (κ3) is 3.14. The summed E-state index contributed by atoms with van der Waals surface area (Å²) in [5.74, 6) is 0.380. The van der Waals surface area contributed by atoms with Crippen LogP contribution in [0.5, 0.6) is 0 Å². The van der Waals surface area contributed by atoms with Crippen molar-refractivity contribution >= 4 is 22.6 Å². The zero-order chi connectivity index (χ0) is 19.0. The van der Waals surface area contributed by atoms with Crippen LogP contribution in [0.25, 0.3) is 22.4 Å². The number of carbonyl (C=O) groups excluding carboxylic acids is 1. The van der Waals surface area contributed by atoms with Gasteiger partial charge >= 0.3 is 0 Å². The van der Waals surface area contributed by atoms with Crippen LogP contribution in [0.2, 0.25) is 0 Å². The van der Waals surface area contributed by atoms with E-state index >= 15 is 0 Å². The van der Waals surface area contributed by atoms with E-state index < -0.39 is 0 Å². The van der Waals surface area contributed by atoms with E-state index in [4.69, 9.17) is 0 Å². The van der Waals surface area contributed by atoms with Crippen molar-refractivity contribution in [2.45, 2.75) is 19.9 Å². The molecule has 9 nitrogen and oxygen atoms in total. The predicted octanol–water partition coefficient (Wildman–Crippen LogP) is 2.46. The van der Waals surface area contributed by atoms with Gasteiger partial charge in [0.2, 0.25) is 0 Å². The number of amides is 1. The molecule has 0 aliphatic rings. The fourth-order valence-corrected chi connectivity index (χ4v) is 2.86. The zero-order valence-corrected chi connectivity index (χ0v) is 15.2. The number of benzene rings is 1. The second-order valence-corrected chi connectivity index (χ2v) is 6.48. The number of nitrogens with one attached hydrogen (secondary N) is 1. The lowest BCUT2D eigenvalue weighted by Crippen LogP contribution is -2.12. The summed E-state index contributed by atoms with van der Waals surface area (Å²) in [6, 6.07) is 9.36. The summed E-state index contributed by atoms with van der Waals surface area (Å²) >= 11 is 0. The van der Waals surface area contributed by atoms with Crippen molar-refractivity contribution < 1.29 is 4.79 Å². The topological polar surface area (TPSA) is 103 Å². The lowest BCUT2D eigenvalue weighted by molar-refractivity contribution is 0.102. The number of rotatable bonds is 4. The first-order valence-electron chi connectivity index (χ1n) is 8.50. The van der Waals surface area contributed by atoms with E-state index in [1.54, 1.807) is 30.2 Å². The molecule has 3 heterocycles. The Hall–Kier alpha value is -3.62. The number of pyridine rings is 1. The summed E-state index contributed by atoms with van der Waals surface area (Å²) in [7, 11) is 1.76. The van der Waals surface area contributed by atoms with Gasteiger partial charge in [-0.1, -0.05) is 12.1 Å². The van der Waals surface area contributed by atoms with Gasteiger partial charge in [0.25, 0.3) is 5.91 Å².